The van der Waals surface area contributed by atoms with Gasteiger partial charge in [0.25, 0.3) is 0 Å². The van der Waals surface area contributed by atoms with Crippen molar-refractivity contribution in [1.29, 1.82) is 0 Å². The first kappa shape index (κ1) is 24.0. The van der Waals surface area contributed by atoms with E-state index in [1.807, 2.05) is 42.2 Å². The van der Waals surface area contributed by atoms with E-state index in [2.05, 4.69) is 10.1 Å². The van der Waals surface area contributed by atoms with Crippen molar-refractivity contribution < 1.29 is 31.1 Å². The molecule has 2 aromatic carbocycles. The zero-order chi connectivity index (χ0) is 23.4. The highest BCUT2D eigenvalue weighted by atomic mass is 32.2. The predicted octanol–water partition coefficient (Wildman–Crippen LogP) is 2.77. The molecule has 2 aromatic rings. The zero-order valence-electron chi connectivity index (χ0n) is 17.4. The average molecular weight is 472 g/mol. The van der Waals surface area contributed by atoms with Crippen molar-refractivity contribution in [1.82, 2.24) is 14.5 Å². The number of nitrogens with zero attached hydrogens (tertiary/aromatic N) is 2. The lowest BCUT2D eigenvalue weighted by Gasteiger charge is -2.33. The molecular weight excluding hydrogens is 447 g/mol. The smallest absolute Gasteiger partial charge is 0.406 e. The molecule has 7 nitrogen and oxygen atoms in total. The standard InChI is InChI=1S/C21H24F3N3O4S/c1-16(17-5-3-2-4-6-17)25-20(28)15-26-11-13-27(14-12-26)32(29,30)19-9-7-18(8-10-19)31-21(22,23)24/h2-10,16H,11-15H2,1H3,(H,25,28)/t16-/m1/s1. The van der Waals surface area contributed by atoms with Gasteiger partial charge in [-0.3, -0.25) is 9.69 Å². The van der Waals surface area contributed by atoms with Gasteiger partial charge in [-0.1, -0.05) is 30.3 Å². The van der Waals surface area contributed by atoms with Gasteiger partial charge in [0.05, 0.1) is 17.5 Å². The van der Waals surface area contributed by atoms with E-state index >= 15 is 0 Å². The highest BCUT2D eigenvalue weighted by molar-refractivity contribution is 7.89. The molecule has 0 radical (unpaired) electrons. The molecule has 1 aliphatic rings. The van der Waals surface area contributed by atoms with E-state index in [0.29, 0.717) is 13.1 Å². The number of hydrogen-bond acceptors (Lipinski definition) is 5. The first-order chi connectivity index (χ1) is 15.0. The molecule has 1 aliphatic heterocycles. The molecule has 0 bridgehead atoms. The SMILES string of the molecule is C[C@@H](NC(=O)CN1CCN(S(=O)(=O)c2ccc(OC(F)(F)F)cc2)CC1)c1ccccc1. The Morgan fingerprint density at radius 2 is 1.62 bits per heavy atom. The molecule has 1 amide bonds. The number of halogens is 3. The van der Waals surface area contributed by atoms with Crippen LogP contribution in [0, 0.1) is 0 Å². The number of sulfonamides is 1. The second-order valence-corrected chi connectivity index (χ2v) is 9.34. The van der Waals surface area contributed by atoms with Crippen molar-refractivity contribution in [3.63, 3.8) is 0 Å². The molecule has 1 N–H and O–H groups in total. The van der Waals surface area contributed by atoms with Gasteiger partial charge < -0.3 is 10.1 Å². The number of rotatable bonds is 7. The van der Waals surface area contributed by atoms with Crippen LogP contribution in [0.25, 0.3) is 0 Å². The molecular formula is C21H24F3N3O4S. The van der Waals surface area contributed by atoms with Gasteiger partial charge in [-0.15, -0.1) is 13.2 Å². The summed E-state index contributed by atoms with van der Waals surface area (Å²) in [6.45, 7) is 3.11. The van der Waals surface area contributed by atoms with Crippen LogP contribution in [-0.2, 0) is 14.8 Å². The molecule has 0 aromatic heterocycles. The van der Waals surface area contributed by atoms with Gasteiger partial charge in [-0.2, -0.15) is 4.31 Å². The molecule has 1 saturated heterocycles. The number of piperazine rings is 1. The number of amides is 1. The summed E-state index contributed by atoms with van der Waals surface area (Å²) in [4.78, 5) is 14.1. The van der Waals surface area contributed by atoms with Crippen LogP contribution in [0.15, 0.2) is 59.5 Å². The summed E-state index contributed by atoms with van der Waals surface area (Å²) in [5.41, 5.74) is 0.989. The third-order valence-corrected chi connectivity index (χ3v) is 6.98. The first-order valence-electron chi connectivity index (χ1n) is 9.97. The number of carbonyl (C=O) groups excluding carboxylic acids is 1. The molecule has 32 heavy (non-hydrogen) atoms. The predicted molar refractivity (Wildman–Crippen MR) is 111 cm³/mol. The van der Waals surface area contributed by atoms with E-state index in [-0.39, 0.29) is 36.5 Å². The largest absolute Gasteiger partial charge is 0.573 e. The fourth-order valence-electron chi connectivity index (χ4n) is 3.41. The van der Waals surface area contributed by atoms with Gasteiger partial charge in [-0.25, -0.2) is 8.42 Å². The summed E-state index contributed by atoms with van der Waals surface area (Å²) in [6, 6.07) is 13.5. The van der Waals surface area contributed by atoms with Crippen LogP contribution in [0.2, 0.25) is 0 Å². The van der Waals surface area contributed by atoms with Crippen molar-refractivity contribution in [2.45, 2.75) is 24.2 Å². The maximum Gasteiger partial charge on any atom is 0.573 e. The Hall–Kier alpha value is -2.63. The monoisotopic (exact) mass is 471 g/mol. The Labute approximate surface area is 184 Å². The van der Waals surface area contributed by atoms with Crippen LogP contribution in [0.5, 0.6) is 5.75 Å². The Bertz CT molecular complexity index is 1010. The lowest BCUT2D eigenvalue weighted by Crippen LogP contribution is -2.51. The molecule has 0 unspecified atom stereocenters. The summed E-state index contributed by atoms with van der Waals surface area (Å²) < 4.78 is 67.4. The fraction of sp³-hybridized carbons (Fsp3) is 0.381. The molecule has 0 aliphatic carbocycles. The second-order valence-electron chi connectivity index (χ2n) is 7.40. The van der Waals surface area contributed by atoms with E-state index in [4.69, 9.17) is 0 Å². The summed E-state index contributed by atoms with van der Waals surface area (Å²) in [7, 11) is -3.86. The lowest BCUT2D eigenvalue weighted by atomic mass is 10.1. The quantitative estimate of drug-likeness (QED) is 0.672. The van der Waals surface area contributed by atoms with Crippen molar-refractivity contribution in [2.75, 3.05) is 32.7 Å². The van der Waals surface area contributed by atoms with Crippen LogP contribution >= 0.6 is 0 Å². The molecule has 3 rings (SSSR count). The van der Waals surface area contributed by atoms with Gasteiger partial charge in [0.1, 0.15) is 5.75 Å². The van der Waals surface area contributed by atoms with Crippen molar-refractivity contribution in [3.8, 4) is 5.75 Å². The number of carbonyl (C=O) groups is 1. The van der Waals surface area contributed by atoms with E-state index in [9.17, 15) is 26.4 Å². The molecule has 11 heteroatoms. The van der Waals surface area contributed by atoms with Crippen LogP contribution in [0.4, 0.5) is 13.2 Å². The number of alkyl halides is 3. The Balaban J connectivity index is 1.51. The normalized spacial score (nSPS) is 17.0. The van der Waals surface area contributed by atoms with E-state index < -0.39 is 22.1 Å². The highest BCUT2D eigenvalue weighted by Gasteiger charge is 2.32. The molecule has 0 saturated carbocycles. The van der Waals surface area contributed by atoms with Crippen molar-refractivity contribution in [2.24, 2.45) is 0 Å². The van der Waals surface area contributed by atoms with Crippen LogP contribution < -0.4 is 10.1 Å². The minimum Gasteiger partial charge on any atom is -0.406 e. The zero-order valence-corrected chi connectivity index (χ0v) is 18.2. The second kappa shape index (κ2) is 9.88. The molecule has 1 atom stereocenters. The lowest BCUT2D eigenvalue weighted by molar-refractivity contribution is -0.274. The van der Waals surface area contributed by atoms with Gasteiger partial charge in [0.15, 0.2) is 0 Å². The summed E-state index contributed by atoms with van der Waals surface area (Å²) in [5.74, 6) is -0.644. The average Bonchev–Trinajstić information content (AvgIpc) is 2.74. The number of ether oxygens (including phenoxy) is 1. The third kappa shape index (κ3) is 6.44. The van der Waals surface area contributed by atoms with E-state index in [1.165, 1.54) is 4.31 Å². The number of hydrogen-bond donors (Lipinski definition) is 1. The van der Waals surface area contributed by atoms with Gasteiger partial charge in [-0.05, 0) is 36.8 Å². The number of benzene rings is 2. The molecule has 174 valence electrons. The molecule has 1 fully saturated rings. The fourth-order valence-corrected chi connectivity index (χ4v) is 4.83. The summed E-state index contributed by atoms with van der Waals surface area (Å²) in [5, 5.41) is 2.93. The first-order valence-corrected chi connectivity index (χ1v) is 11.4. The van der Waals surface area contributed by atoms with Crippen LogP contribution in [0.1, 0.15) is 18.5 Å². The van der Waals surface area contributed by atoms with Crippen LogP contribution in [-0.4, -0.2) is 62.6 Å². The van der Waals surface area contributed by atoms with Gasteiger partial charge in [0.2, 0.25) is 15.9 Å². The molecule has 0 spiro atoms. The van der Waals surface area contributed by atoms with Gasteiger partial charge in [0, 0.05) is 26.2 Å². The number of nitrogens with one attached hydrogen (secondary N) is 1. The van der Waals surface area contributed by atoms with Crippen molar-refractivity contribution >= 4 is 15.9 Å². The minimum absolute atomic E-state index is 0.116. The Kier molecular flexibility index (Phi) is 7.42. The maximum atomic E-state index is 12.8. The molecule has 1 heterocycles. The minimum atomic E-state index is -4.85. The summed E-state index contributed by atoms with van der Waals surface area (Å²) in [6.07, 6.45) is -4.85. The van der Waals surface area contributed by atoms with Crippen LogP contribution in [0.3, 0.4) is 0 Å². The summed E-state index contributed by atoms with van der Waals surface area (Å²) >= 11 is 0. The maximum absolute atomic E-state index is 12.8. The van der Waals surface area contributed by atoms with Gasteiger partial charge >= 0.3 is 6.36 Å². The topological polar surface area (TPSA) is 79.0 Å². The highest BCUT2D eigenvalue weighted by Crippen LogP contribution is 2.25. The Morgan fingerprint density at radius 1 is 1.03 bits per heavy atom. The van der Waals surface area contributed by atoms with Crippen molar-refractivity contribution in [3.05, 3.63) is 60.2 Å². The van der Waals surface area contributed by atoms with E-state index in [1.54, 1.807) is 0 Å². The Morgan fingerprint density at radius 3 is 2.19 bits per heavy atom. The van der Waals surface area contributed by atoms with E-state index in [0.717, 1.165) is 29.8 Å². The third-order valence-electron chi connectivity index (χ3n) is 5.07.